The van der Waals surface area contributed by atoms with Crippen LogP contribution in [0.15, 0.2) is 0 Å². The first-order chi connectivity index (χ1) is 8.34. The predicted octanol–water partition coefficient (Wildman–Crippen LogP) is 2.67. The van der Waals surface area contributed by atoms with Crippen molar-refractivity contribution in [3.63, 3.8) is 0 Å². The molecule has 0 radical (unpaired) electrons. The third kappa shape index (κ3) is 1.50. The molecule has 3 aliphatic heterocycles. The molecule has 1 aliphatic carbocycles. The number of hydrogen-bond donors (Lipinski definition) is 0. The van der Waals surface area contributed by atoms with Crippen LogP contribution < -0.4 is 0 Å². The number of hydrogen-bond acceptors (Lipinski definition) is 2. The molecular formula is C14H21NOS. The summed E-state index contributed by atoms with van der Waals surface area (Å²) in [7, 11) is 0. The average Bonchev–Trinajstić information content (AvgIpc) is 3.03. The van der Waals surface area contributed by atoms with Crippen molar-refractivity contribution in [2.75, 3.05) is 6.54 Å². The van der Waals surface area contributed by atoms with E-state index >= 15 is 0 Å². The number of rotatable bonds is 1. The Morgan fingerprint density at radius 1 is 1.00 bits per heavy atom. The molecule has 0 aromatic heterocycles. The molecule has 4 fully saturated rings. The Balaban J connectivity index is 1.54. The Bertz CT molecular complexity index is 339. The monoisotopic (exact) mass is 251 g/mol. The lowest BCUT2D eigenvalue weighted by atomic mass is 9.81. The third-order valence-corrected chi connectivity index (χ3v) is 7.23. The van der Waals surface area contributed by atoms with Crippen molar-refractivity contribution >= 4 is 17.7 Å². The van der Waals surface area contributed by atoms with Crippen molar-refractivity contribution < 1.29 is 4.79 Å². The van der Waals surface area contributed by atoms with Crippen LogP contribution in [0.3, 0.4) is 0 Å². The van der Waals surface area contributed by atoms with Crippen molar-refractivity contribution in [1.82, 2.24) is 4.90 Å². The molecule has 94 valence electrons. The summed E-state index contributed by atoms with van der Waals surface area (Å²) in [6.45, 7) is 1.10. The van der Waals surface area contributed by atoms with Gasteiger partial charge in [-0.1, -0.05) is 19.3 Å². The van der Waals surface area contributed by atoms with Crippen LogP contribution in [0.4, 0.5) is 0 Å². The van der Waals surface area contributed by atoms with E-state index in [0.29, 0.717) is 29.0 Å². The van der Waals surface area contributed by atoms with Gasteiger partial charge in [0, 0.05) is 29.0 Å². The predicted molar refractivity (Wildman–Crippen MR) is 70.0 cm³/mol. The van der Waals surface area contributed by atoms with Gasteiger partial charge in [0.25, 0.3) is 0 Å². The second-order valence-electron chi connectivity index (χ2n) is 6.26. The molecule has 4 atom stereocenters. The number of carbonyl (C=O) groups is 1. The molecule has 3 heteroatoms. The minimum Gasteiger partial charge on any atom is -0.339 e. The van der Waals surface area contributed by atoms with Crippen LogP contribution in [0, 0.1) is 11.8 Å². The summed E-state index contributed by atoms with van der Waals surface area (Å²) >= 11 is 2.13. The molecule has 0 aromatic carbocycles. The Hall–Kier alpha value is -0.180. The number of carbonyl (C=O) groups excluding carboxylic acids is 1. The summed E-state index contributed by atoms with van der Waals surface area (Å²) in [6, 6.07) is 0.603. The van der Waals surface area contributed by atoms with E-state index < -0.39 is 0 Å². The second kappa shape index (κ2) is 3.91. The number of nitrogens with zero attached hydrogens (tertiary/aromatic N) is 1. The van der Waals surface area contributed by atoms with Gasteiger partial charge in [0.1, 0.15) is 0 Å². The fourth-order valence-corrected chi connectivity index (χ4v) is 6.52. The summed E-state index contributed by atoms with van der Waals surface area (Å²) in [5, 5.41) is 1.51. The zero-order valence-electron chi connectivity index (χ0n) is 10.3. The first kappa shape index (κ1) is 10.7. The molecule has 4 rings (SSSR count). The van der Waals surface area contributed by atoms with Crippen LogP contribution in [0.1, 0.15) is 44.9 Å². The highest BCUT2D eigenvalue weighted by atomic mass is 32.2. The lowest BCUT2D eigenvalue weighted by molar-refractivity contribution is -0.133. The van der Waals surface area contributed by atoms with E-state index in [1.165, 1.54) is 44.9 Å². The molecule has 0 N–H and O–H groups in total. The van der Waals surface area contributed by atoms with E-state index in [1.807, 2.05) is 0 Å². The van der Waals surface area contributed by atoms with Crippen molar-refractivity contribution in [3.8, 4) is 0 Å². The van der Waals surface area contributed by atoms with E-state index in [0.717, 1.165) is 11.8 Å². The Labute approximate surface area is 108 Å². The zero-order valence-corrected chi connectivity index (χ0v) is 11.1. The lowest BCUT2D eigenvalue weighted by Gasteiger charge is -2.32. The molecule has 2 bridgehead atoms. The Morgan fingerprint density at radius 3 is 2.53 bits per heavy atom. The molecule has 4 aliphatic rings. The van der Waals surface area contributed by atoms with Gasteiger partial charge < -0.3 is 4.90 Å². The van der Waals surface area contributed by atoms with Crippen LogP contribution in [-0.4, -0.2) is 33.9 Å². The lowest BCUT2D eigenvalue weighted by Crippen LogP contribution is -2.40. The SMILES string of the molecule is O=C1C2C3CCC(S3)C2CN1C1CCCCC1. The molecule has 0 aromatic rings. The van der Waals surface area contributed by atoms with Crippen LogP contribution >= 0.6 is 11.8 Å². The molecule has 2 nitrogen and oxygen atoms in total. The van der Waals surface area contributed by atoms with Crippen LogP contribution in [0.5, 0.6) is 0 Å². The second-order valence-corrected chi connectivity index (χ2v) is 7.75. The fraction of sp³-hybridized carbons (Fsp3) is 0.929. The van der Waals surface area contributed by atoms with Crippen molar-refractivity contribution in [1.29, 1.82) is 0 Å². The largest absolute Gasteiger partial charge is 0.339 e. The summed E-state index contributed by atoms with van der Waals surface area (Å²) in [5.41, 5.74) is 0. The van der Waals surface area contributed by atoms with Gasteiger partial charge >= 0.3 is 0 Å². The van der Waals surface area contributed by atoms with E-state index in [-0.39, 0.29) is 0 Å². The van der Waals surface area contributed by atoms with Crippen LogP contribution in [0.2, 0.25) is 0 Å². The first-order valence-electron chi connectivity index (χ1n) is 7.30. The topological polar surface area (TPSA) is 20.3 Å². The fourth-order valence-electron chi connectivity index (χ4n) is 4.58. The molecular weight excluding hydrogens is 230 g/mol. The standard InChI is InChI=1S/C14H21NOS/c16-14-13-10(11-6-7-12(13)17-11)8-15(14)9-4-2-1-3-5-9/h9-13H,1-8H2. The van der Waals surface area contributed by atoms with Gasteiger partial charge in [-0.15, -0.1) is 0 Å². The maximum Gasteiger partial charge on any atom is 0.227 e. The molecule has 1 amide bonds. The van der Waals surface area contributed by atoms with Crippen LogP contribution in [0.25, 0.3) is 0 Å². The van der Waals surface area contributed by atoms with Crippen molar-refractivity contribution in [3.05, 3.63) is 0 Å². The quantitative estimate of drug-likeness (QED) is 0.714. The molecule has 3 saturated heterocycles. The van der Waals surface area contributed by atoms with E-state index in [2.05, 4.69) is 16.7 Å². The summed E-state index contributed by atoms with van der Waals surface area (Å²) in [4.78, 5) is 14.9. The van der Waals surface area contributed by atoms with Crippen molar-refractivity contribution in [2.24, 2.45) is 11.8 Å². The summed E-state index contributed by atoms with van der Waals surface area (Å²) < 4.78 is 0. The highest BCUT2D eigenvalue weighted by Gasteiger charge is 2.57. The molecule has 3 heterocycles. The Morgan fingerprint density at radius 2 is 1.76 bits per heavy atom. The summed E-state index contributed by atoms with van der Waals surface area (Å²) in [6.07, 6.45) is 9.29. The highest BCUT2D eigenvalue weighted by molar-refractivity contribution is 8.01. The number of thioether (sulfide) groups is 1. The zero-order chi connectivity index (χ0) is 11.4. The number of likely N-dealkylation sites (tertiary alicyclic amines) is 1. The minimum atomic E-state index is 0.417. The summed E-state index contributed by atoms with van der Waals surface area (Å²) in [5.74, 6) is 1.66. The van der Waals surface area contributed by atoms with Crippen LogP contribution in [-0.2, 0) is 4.79 Å². The highest BCUT2D eigenvalue weighted by Crippen LogP contribution is 2.56. The smallest absolute Gasteiger partial charge is 0.227 e. The normalized spacial score (nSPS) is 45.6. The average molecular weight is 251 g/mol. The molecule has 1 saturated carbocycles. The number of amides is 1. The molecule has 0 spiro atoms. The minimum absolute atomic E-state index is 0.417. The number of fused-ring (bicyclic) bond motifs is 5. The first-order valence-corrected chi connectivity index (χ1v) is 8.25. The van der Waals surface area contributed by atoms with Gasteiger partial charge in [-0.05, 0) is 25.7 Å². The Kier molecular flexibility index (Phi) is 2.46. The van der Waals surface area contributed by atoms with E-state index in [1.54, 1.807) is 0 Å². The maximum atomic E-state index is 12.6. The van der Waals surface area contributed by atoms with Gasteiger partial charge in [-0.3, -0.25) is 4.79 Å². The maximum absolute atomic E-state index is 12.6. The van der Waals surface area contributed by atoms with Gasteiger partial charge in [0.15, 0.2) is 0 Å². The third-order valence-electron chi connectivity index (χ3n) is 5.42. The van der Waals surface area contributed by atoms with Crippen molar-refractivity contribution in [2.45, 2.75) is 61.5 Å². The van der Waals surface area contributed by atoms with Gasteiger partial charge in [0.05, 0.1) is 5.92 Å². The molecule has 4 unspecified atom stereocenters. The van der Waals surface area contributed by atoms with E-state index in [4.69, 9.17) is 0 Å². The van der Waals surface area contributed by atoms with Gasteiger partial charge in [-0.2, -0.15) is 11.8 Å². The van der Waals surface area contributed by atoms with E-state index in [9.17, 15) is 4.79 Å². The molecule has 17 heavy (non-hydrogen) atoms. The van der Waals surface area contributed by atoms with Gasteiger partial charge in [0.2, 0.25) is 5.91 Å². The van der Waals surface area contributed by atoms with Gasteiger partial charge in [-0.25, -0.2) is 0 Å².